The van der Waals surface area contributed by atoms with Crippen molar-refractivity contribution in [1.29, 1.82) is 0 Å². The van der Waals surface area contributed by atoms with Gasteiger partial charge < -0.3 is 40.1 Å². The van der Waals surface area contributed by atoms with Crippen molar-refractivity contribution in [3.05, 3.63) is 47.5 Å². The van der Waals surface area contributed by atoms with Gasteiger partial charge in [-0.25, -0.2) is 9.59 Å². The van der Waals surface area contributed by atoms with Gasteiger partial charge in [0.1, 0.15) is 0 Å². The molecule has 0 aliphatic carbocycles. The Morgan fingerprint density at radius 3 is 1.25 bits per heavy atom. The Hall–Kier alpha value is -4.16. The molecule has 0 aromatic heterocycles. The van der Waals surface area contributed by atoms with E-state index in [4.69, 9.17) is 9.47 Å². The molecule has 0 bridgehead atoms. The second-order valence-corrected chi connectivity index (χ2v) is 6.46. The highest BCUT2D eigenvalue weighted by Crippen LogP contribution is 2.36. The number of benzene rings is 2. The fourth-order valence-corrected chi connectivity index (χ4v) is 2.89. The number of aliphatic hydroxyl groups is 2. The quantitative estimate of drug-likeness (QED) is 0.217. The molecule has 0 saturated carbocycles. The summed E-state index contributed by atoms with van der Waals surface area (Å²) in [7, 11) is 2.20. The van der Waals surface area contributed by atoms with Crippen LogP contribution in [0.15, 0.2) is 36.4 Å². The highest BCUT2D eigenvalue weighted by atomic mass is 16.5. The lowest BCUT2D eigenvalue weighted by molar-refractivity contribution is -0.187. The van der Waals surface area contributed by atoms with Gasteiger partial charge in [-0.15, -0.1) is 0 Å². The molecule has 32 heavy (non-hydrogen) atoms. The van der Waals surface area contributed by atoms with Crippen molar-refractivity contribution in [2.45, 2.75) is 11.2 Å². The van der Waals surface area contributed by atoms with E-state index in [9.17, 15) is 49.8 Å². The van der Waals surface area contributed by atoms with Crippen LogP contribution in [-0.2, 0) is 9.59 Å². The molecule has 2 atom stereocenters. The molecule has 6 N–H and O–H groups in total. The van der Waals surface area contributed by atoms with Crippen LogP contribution >= 0.6 is 0 Å². The molecule has 0 saturated heterocycles. The molecule has 0 aliphatic rings. The minimum atomic E-state index is -4.22. The number of methoxy groups -OCH3 is 2. The SMILES string of the molecule is COc1cc(C(=O)C(O)(C(=O)O)C(O)(C(=O)O)C(=O)c2ccc(O)c(OC)c2)ccc1O. The van der Waals surface area contributed by atoms with Crippen molar-refractivity contribution in [3.63, 3.8) is 0 Å². The minimum Gasteiger partial charge on any atom is -0.504 e. The number of aromatic hydroxyl groups is 2. The fourth-order valence-electron chi connectivity index (χ4n) is 2.89. The number of phenolic OH excluding ortho intramolecular Hbond substituents is 2. The first-order chi connectivity index (χ1) is 14.9. The Labute approximate surface area is 179 Å². The number of Topliss-reactive ketones (excluding diaryl/α,β-unsaturated/α-hetero) is 2. The zero-order chi connectivity index (χ0) is 24.4. The molecule has 12 heteroatoms. The smallest absolute Gasteiger partial charge is 0.348 e. The number of ether oxygens (including phenoxy) is 2. The molecule has 0 radical (unpaired) electrons. The lowest BCUT2D eigenvalue weighted by Gasteiger charge is -2.34. The number of rotatable bonds is 9. The summed E-state index contributed by atoms with van der Waals surface area (Å²) in [5.74, 6) is -10.5. The van der Waals surface area contributed by atoms with Gasteiger partial charge in [-0.2, -0.15) is 0 Å². The molecule has 0 amide bonds. The highest BCUT2D eigenvalue weighted by Gasteiger charge is 2.70. The standard InChI is InChI=1S/C20H18O12/c1-31-13-7-9(3-5-11(13)21)15(23)19(29,17(25)26)20(30,18(27)28)16(24)10-4-6-12(22)14(8-10)32-2/h3-8,21-22,29-30H,1-2H3,(H,25,26)(H,27,28). The third kappa shape index (κ3) is 3.57. The number of ketones is 2. The number of carboxylic acid groups (broad SMARTS) is 2. The van der Waals surface area contributed by atoms with Crippen LogP contribution in [0.3, 0.4) is 0 Å². The van der Waals surface area contributed by atoms with Crippen LogP contribution in [0.2, 0.25) is 0 Å². The van der Waals surface area contributed by atoms with E-state index in [-0.39, 0.29) is 11.5 Å². The monoisotopic (exact) mass is 450 g/mol. The number of carbonyl (C=O) groups excluding carboxylic acids is 2. The van der Waals surface area contributed by atoms with Crippen LogP contribution in [-0.4, -0.2) is 79.6 Å². The topological polar surface area (TPSA) is 208 Å². The Bertz CT molecular complexity index is 1020. The maximum absolute atomic E-state index is 12.9. The van der Waals surface area contributed by atoms with Crippen LogP contribution in [0.1, 0.15) is 20.7 Å². The van der Waals surface area contributed by atoms with Gasteiger partial charge in [-0.05, 0) is 36.4 Å². The van der Waals surface area contributed by atoms with Crippen LogP contribution in [0.25, 0.3) is 0 Å². The van der Waals surface area contributed by atoms with Crippen molar-refractivity contribution < 1.29 is 59.3 Å². The van der Waals surface area contributed by atoms with Crippen molar-refractivity contribution in [2.75, 3.05) is 14.2 Å². The number of phenols is 2. The van der Waals surface area contributed by atoms with E-state index in [0.717, 1.165) is 50.6 Å². The Kier molecular flexibility index (Phi) is 6.43. The molecule has 2 unspecified atom stereocenters. The molecule has 0 aliphatic heterocycles. The number of carbonyl (C=O) groups is 4. The number of carboxylic acids is 2. The van der Waals surface area contributed by atoms with Crippen molar-refractivity contribution in [3.8, 4) is 23.0 Å². The summed E-state index contributed by atoms with van der Waals surface area (Å²) in [5, 5.41) is 60.0. The van der Waals surface area contributed by atoms with Gasteiger partial charge in [0.05, 0.1) is 14.2 Å². The van der Waals surface area contributed by atoms with Crippen molar-refractivity contribution in [2.24, 2.45) is 0 Å². The third-order valence-corrected chi connectivity index (χ3v) is 4.68. The average Bonchev–Trinajstić information content (AvgIpc) is 2.77. The zero-order valence-electron chi connectivity index (χ0n) is 16.6. The van der Waals surface area contributed by atoms with Gasteiger partial charge >= 0.3 is 11.9 Å². The first kappa shape index (κ1) is 24.1. The third-order valence-electron chi connectivity index (χ3n) is 4.68. The molecule has 170 valence electrons. The normalized spacial score (nSPS) is 14.5. The van der Waals surface area contributed by atoms with E-state index in [1.807, 2.05) is 0 Å². The van der Waals surface area contributed by atoms with Crippen LogP contribution in [0, 0.1) is 0 Å². The lowest BCUT2D eigenvalue weighted by atomic mass is 9.73. The number of aliphatic carboxylic acids is 2. The predicted octanol–water partition coefficient (Wildman–Crippen LogP) is -0.188. The molecular formula is C20H18O12. The van der Waals surface area contributed by atoms with Crippen molar-refractivity contribution in [1.82, 2.24) is 0 Å². The molecule has 12 nitrogen and oxygen atoms in total. The minimum absolute atomic E-state index is 0.336. The van der Waals surface area contributed by atoms with Gasteiger partial charge in [0.2, 0.25) is 11.6 Å². The molecule has 2 rings (SSSR count). The second kappa shape index (κ2) is 8.53. The summed E-state index contributed by atoms with van der Waals surface area (Å²) in [5.41, 5.74) is -9.83. The first-order valence-electron chi connectivity index (χ1n) is 8.61. The summed E-state index contributed by atoms with van der Waals surface area (Å²) in [6.07, 6.45) is 0. The van der Waals surface area contributed by atoms with Crippen LogP contribution < -0.4 is 9.47 Å². The molecule has 0 fully saturated rings. The Balaban J connectivity index is 2.75. The Morgan fingerprint density at radius 2 is 1.00 bits per heavy atom. The second-order valence-electron chi connectivity index (χ2n) is 6.46. The zero-order valence-corrected chi connectivity index (χ0v) is 16.6. The van der Waals surface area contributed by atoms with Crippen LogP contribution in [0.5, 0.6) is 23.0 Å². The summed E-state index contributed by atoms with van der Waals surface area (Å²) in [6, 6.07) is 4.99. The van der Waals surface area contributed by atoms with Crippen molar-refractivity contribution >= 4 is 23.5 Å². The average molecular weight is 450 g/mol. The molecule has 2 aromatic rings. The summed E-state index contributed by atoms with van der Waals surface area (Å²) in [6.45, 7) is 0. The van der Waals surface area contributed by atoms with E-state index >= 15 is 0 Å². The summed E-state index contributed by atoms with van der Waals surface area (Å²) < 4.78 is 9.56. The Morgan fingerprint density at radius 1 is 0.688 bits per heavy atom. The molecular weight excluding hydrogens is 432 g/mol. The number of hydrogen-bond donors (Lipinski definition) is 6. The van der Waals surface area contributed by atoms with Gasteiger partial charge in [0.25, 0.3) is 11.2 Å². The number of hydrogen-bond acceptors (Lipinski definition) is 10. The molecule has 0 heterocycles. The largest absolute Gasteiger partial charge is 0.504 e. The predicted molar refractivity (Wildman–Crippen MR) is 103 cm³/mol. The fraction of sp³-hybridized carbons (Fsp3) is 0.200. The summed E-state index contributed by atoms with van der Waals surface area (Å²) >= 11 is 0. The van der Waals surface area contributed by atoms with Gasteiger partial charge in [-0.1, -0.05) is 0 Å². The van der Waals surface area contributed by atoms with Crippen LogP contribution in [0.4, 0.5) is 0 Å². The van der Waals surface area contributed by atoms with E-state index in [1.165, 1.54) is 0 Å². The van der Waals surface area contributed by atoms with Gasteiger partial charge in [0, 0.05) is 11.1 Å². The summed E-state index contributed by atoms with van der Waals surface area (Å²) in [4.78, 5) is 49.7. The van der Waals surface area contributed by atoms with E-state index in [0.29, 0.717) is 0 Å². The first-order valence-corrected chi connectivity index (χ1v) is 8.61. The lowest BCUT2D eigenvalue weighted by Crippen LogP contribution is -2.71. The van der Waals surface area contributed by atoms with Gasteiger partial charge in [0.15, 0.2) is 23.0 Å². The maximum Gasteiger partial charge on any atom is 0.348 e. The van der Waals surface area contributed by atoms with E-state index < -0.39 is 57.3 Å². The maximum atomic E-state index is 12.9. The van der Waals surface area contributed by atoms with E-state index in [2.05, 4.69) is 0 Å². The van der Waals surface area contributed by atoms with Gasteiger partial charge in [-0.3, -0.25) is 9.59 Å². The highest BCUT2D eigenvalue weighted by molar-refractivity contribution is 6.28. The van der Waals surface area contributed by atoms with E-state index in [1.54, 1.807) is 0 Å². The molecule has 0 spiro atoms. The molecule has 2 aromatic carbocycles.